The first kappa shape index (κ1) is 10.7. The van der Waals surface area contributed by atoms with Gasteiger partial charge in [0, 0.05) is 19.0 Å². The highest BCUT2D eigenvalue weighted by atomic mass is 16.2. The zero-order valence-corrected chi connectivity index (χ0v) is 7.63. The summed E-state index contributed by atoms with van der Waals surface area (Å²) >= 11 is 0. The Morgan fingerprint density at radius 3 is 2.00 bits per heavy atom. The van der Waals surface area contributed by atoms with Gasteiger partial charge < -0.3 is 16.4 Å². The Kier molecular flexibility index (Phi) is 3.06. The fourth-order valence-electron chi connectivity index (χ4n) is 0.843. The Morgan fingerprint density at radius 2 is 1.75 bits per heavy atom. The van der Waals surface area contributed by atoms with Crippen LogP contribution in [0.2, 0.25) is 0 Å². The molecule has 0 aromatic heterocycles. The molecule has 0 radical (unpaired) electrons. The van der Waals surface area contributed by atoms with Crippen molar-refractivity contribution in [3.8, 4) is 0 Å². The quantitative estimate of drug-likeness (QED) is 0.610. The van der Waals surface area contributed by atoms with Crippen molar-refractivity contribution in [3.63, 3.8) is 0 Å². The van der Waals surface area contributed by atoms with E-state index in [2.05, 4.69) is 0 Å². The number of hydrogen-bond donors (Lipinski definition) is 2. The molecule has 0 bridgehead atoms. The SMILES string of the molecule is CN(C(N)=O)C(C)(C)CC(N)=O. The lowest BCUT2D eigenvalue weighted by Gasteiger charge is -2.33. The average Bonchev–Trinajstić information content (AvgIpc) is 1.82. The van der Waals surface area contributed by atoms with Crippen LogP contribution in [0.4, 0.5) is 4.79 Å². The molecule has 0 saturated heterocycles. The molecule has 5 heteroatoms. The third kappa shape index (κ3) is 2.77. The van der Waals surface area contributed by atoms with E-state index in [0.717, 1.165) is 0 Å². The summed E-state index contributed by atoms with van der Waals surface area (Å²) < 4.78 is 0. The van der Waals surface area contributed by atoms with Crippen molar-refractivity contribution >= 4 is 11.9 Å². The molecule has 0 rings (SSSR count). The van der Waals surface area contributed by atoms with Crippen LogP contribution in [0.3, 0.4) is 0 Å². The standard InChI is InChI=1S/C7H15N3O2/c1-7(2,4-5(8)11)10(3)6(9)12/h4H2,1-3H3,(H2,8,11)(H2,9,12). The van der Waals surface area contributed by atoms with Gasteiger partial charge in [-0.2, -0.15) is 0 Å². The van der Waals surface area contributed by atoms with Gasteiger partial charge in [0.05, 0.1) is 0 Å². The van der Waals surface area contributed by atoms with Crippen LogP contribution in [0.15, 0.2) is 0 Å². The number of hydrogen-bond acceptors (Lipinski definition) is 2. The van der Waals surface area contributed by atoms with E-state index >= 15 is 0 Å². The van der Waals surface area contributed by atoms with Gasteiger partial charge in [-0.15, -0.1) is 0 Å². The molecule has 0 aliphatic rings. The molecule has 0 heterocycles. The molecule has 4 N–H and O–H groups in total. The molecule has 12 heavy (non-hydrogen) atoms. The Bertz CT molecular complexity index is 201. The van der Waals surface area contributed by atoms with Gasteiger partial charge in [0.25, 0.3) is 0 Å². The lowest BCUT2D eigenvalue weighted by Crippen LogP contribution is -2.49. The van der Waals surface area contributed by atoms with E-state index in [4.69, 9.17) is 11.5 Å². The van der Waals surface area contributed by atoms with Crippen molar-refractivity contribution in [2.75, 3.05) is 7.05 Å². The Balaban J connectivity index is 4.38. The zero-order chi connectivity index (χ0) is 9.94. The molecule has 0 unspecified atom stereocenters. The molecule has 0 aliphatic carbocycles. The summed E-state index contributed by atoms with van der Waals surface area (Å²) in [5.41, 5.74) is 9.42. The normalized spacial score (nSPS) is 10.9. The Labute approximate surface area is 71.7 Å². The molecule has 3 amide bonds. The predicted octanol–water partition coefficient (Wildman–Crippen LogP) is -0.349. The smallest absolute Gasteiger partial charge is 0.314 e. The first-order valence-electron chi connectivity index (χ1n) is 3.59. The minimum Gasteiger partial charge on any atom is -0.370 e. The molecule has 0 atom stereocenters. The summed E-state index contributed by atoms with van der Waals surface area (Å²) in [7, 11) is 1.53. The van der Waals surface area contributed by atoms with Crippen LogP contribution in [0, 0.1) is 0 Å². The molecule has 0 aliphatic heterocycles. The third-order valence-corrected chi connectivity index (χ3v) is 1.85. The van der Waals surface area contributed by atoms with Gasteiger partial charge in [0.15, 0.2) is 0 Å². The molecule has 0 aromatic rings. The monoisotopic (exact) mass is 173 g/mol. The van der Waals surface area contributed by atoms with Gasteiger partial charge in [-0.05, 0) is 13.8 Å². The van der Waals surface area contributed by atoms with Crippen molar-refractivity contribution in [1.29, 1.82) is 0 Å². The summed E-state index contributed by atoms with van der Waals surface area (Å²) in [4.78, 5) is 22.6. The average molecular weight is 173 g/mol. The lowest BCUT2D eigenvalue weighted by atomic mass is 9.99. The van der Waals surface area contributed by atoms with Gasteiger partial charge in [0.1, 0.15) is 0 Å². The van der Waals surface area contributed by atoms with Gasteiger partial charge in [0.2, 0.25) is 5.91 Å². The molecular formula is C7H15N3O2. The molecule has 0 fully saturated rings. The predicted molar refractivity (Wildman–Crippen MR) is 45.2 cm³/mol. The van der Waals surface area contributed by atoms with E-state index in [1.165, 1.54) is 11.9 Å². The molecule has 5 nitrogen and oxygen atoms in total. The molecule has 0 saturated carbocycles. The van der Waals surface area contributed by atoms with Gasteiger partial charge >= 0.3 is 6.03 Å². The van der Waals surface area contributed by atoms with Crippen LogP contribution in [0.1, 0.15) is 20.3 Å². The number of nitrogens with zero attached hydrogens (tertiary/aromatic N) is 1. The summed E-state index contributed by atoms with van der Waals surface area (Å²) in [6.07, 6.45) is 0.104. The summed E-state index contributed by atoms with van der Waals surface area (Å²) in [6, 6.07) is -0.568. The van der Waals surface area contributed by atoms with E-state index < -0.39 is 17.5 Å². The van der Waals surface area contributed by atoms with Gasteiger partial charge in [-0.25, -0.2) is 4.79 Å². The maximum absolute atomic E-state index is 10.7. The van der Waals surface area contributed by atoms with Crippen LogP contribution in [0.25, 0.3) is 0 Å². The van der Waals surface area contributed by atoms with Crippen molar-refractivity contribution in [1.82, 2.24) is 4.90 Å². The third-order valence-electron chi connectivity index (χ3n) is 1.85. The van der Waals surface area contributed by atoms with Crippen LogP contribution >= 0.6 is 0 Å². The number of urea groups is 1. The largest absolute Gasteiger partial charge is 0.370 e. The highest BCUT2D eigenvalue weighted by molar-refractivity contribution is 5.77. The van der Waals surface area contributed by atoms with Gasteiger partial charge in [-0.1, -0.05) is 0 Å². The topological polar surface area (TPSA) is 89.4 Å². The summed E-state index contributed by atoms with van der Waals surface area (Å²) in [5, 5.41) is 0. The van der Waals surface area contributed by atoms with E-state index in [9.17, 15) is 9.59 Å². The first-order valence-corrected chi connectivity index (χ1v) is 3.59. The lowest BCUT2D eigenvalue weighted by molar-refractivity contribution is -0.119. The van der Waals surface area contributed by atoms with Crippen LogP contribution in [-0.2, 0) is 4.79 Å². The van der Waals surface area contributed by atoms with Crippen molar-refractivity contribution < 1.29 is 9.59 Å². The maximum atomic E-state index is 10.7. The second kappa shape index (κ2) is 3.42. The first-order chi connectivity index (χ1) is 5.27. The van der Waals surface area contributed by atoms with Crippen molar-refractivity contribution in [2.45, 2.75) is 25.8 Å². The van der Waals surface area contributed by atoms with Crippen LogP contribution < -0.4 is 11.5 Å². The van der Waals surface area contributed by atoms with Crippen molar-refractivity contribution in [2.24, 2.45) is 11.5 Å². The number of carbonyl (C=O) groups is 2. The molecule has 0 aromatic carbocycles. The second-order valence-corrected chi connectivity index (χ2v) is 3.35. The number of amides is 3. The van der Waals surface area contributed by atoms with Gasteiger partial charge in [-0.3, -0.25) is 4.79 Å². The number of carbonyl (C=O) groups excluding carboxylic acids is 2. The Morgan fingerprint density at radius 1 is 1.33 bits per heavy atom. The number of primary amides is 2. The summed E-state index contributed by atoms with van der Waals surface area (Å²) in [6.45, 7) is 3.45. The number of nitrogens with two attached hydrogens (primary N) is 2. The fourth-order valence-corrected chi connectivity index (χ4v) is 0.843. The summed E-state index contributed by atoms with van der Waals surface area (Å²) in [5.74, 6) is -0.451. The van der Waals surface area contributed by atoms with E-state index in [-0.39, 0.29) is 6.42 Å². The molecule has 0 spiro atoms. The molecular weight excluding hydrogens is 158 g/mol. The van der Waals surface area contributed by atoms with Crippen LogP contribution in [0.5, 0.6) is 0 Å². The van der Waals surface area contributed by atoms with E-state index in [1.807, 2.05) is 0 Å². The highest BCUT2D eigenvalue weighted by Crippen LogP contribution is 2.15. The minimum atomic E-state index is -0.613. The second-order valence-electron chi connectivity index (χ2n) is 3.35. The van der Waals surface area contributed by atoms with E-state index in [0.29, 0.717) is 0 Å². The van der Waals surface area contributed by atoms with Crippen molar-refractivity contribution in [3.05, 3.63) is 0 Å². The highest BCUT2D eigenvalue weighted by Gasteiger charge is 2.27. The molecule has 70 valence electrons. The fraction of sp³-hybridized carbons (Fsp3) is 0.714. The number of rotatable bonds is 3. The maximum Gasteiger partial charge on any atom is 0.314 e. The minimum absolute atomic E-state index is 0.104. The van der Waals surface area contributed by atoms with Crippen LogP contribution in [-0.4, -0.2) is 29.4 Å². The van der Waals surface area contributed by atoms with E-state index in [1.54, 1.807) is 13.8 Å². The Hall–Kier alpha value is -1.26. The zero-order valence-electron chi connectivity index (χ0n) is 7.63.